The van der Waals surface area contributed by atoms with Gasteiger partial charge in [0, 0.05) is 4.47 Å². The fourth-order valence-electron chi connectivity index (χ4n) is 1.24. The smallest absolute Gasteiger partial charge is 0.0180 e. The minimum absolute atomic E-state index is 0.964. The first-order chi connectivity index (χ1) is 5.72. The number of aryl methyl sites for hydroxylation is 2. The Morgan fingerprint density at radius 2 is 2.08 bits per heavy atom. The van der Waals surface area contributed by atoms with Gasteiger partial charge in [0.1, 0.15) is 0 Å². The summed E-state index contributed by atoms with van der Waals surface area (Å²) in [4.78, 5) is 0. The molecule has 0 unspecified atom stereocenters. The largest absolute Gasteiger partial charge is 0.179 e. The van der Waals surface area contributed by atoms with Crippen molar-refractivity contribution >= 4 is 28.6 Å². The van der Waals surface area contributed by atoms with Crippen molar-refractivity contribution in [2.24, 2.45) is 0 Å². The van der Waals surface area contributed by atoms with Crippen molar-refractivity contribution in [1.82, 2.24) is 0 Å². The van der Waals surface area contributed by atoms with Gasteiger partial charge in [0.05, 0.1) is 0 Å². The van der Waals surface area contributed by atoms with Crippen molar-refractivity contribution in [2.75, 3.05) is 5.75 Å². The summed E-state index contributed by atoms with van der Waals surface area (Å²) < 4.78 is 1.18. The average Bonchev–Trinajstić information content (AvgIpc) is 1.99. The molecule has 0 atom stereocenters. The molecule has 0 N–H and O–H groups in total. The molecule has 0 amide bonds. The zero-order valence-electron chi connectivity index (χ0n) is 7.18. The molecule has 0 aliphatic rings. The van der Waals surface area contributed by atoms with Crippen LogP contribution in [-0.2, 0) is 6.42 Å². The Morgan fingerprint density at radius 3 is 2.67 bits per heavy atom. The Bertz CT molecular complexity index is 238. The highest BCUT2D eigenvalue weighted by atomic mass is 79.9. The quantitative estimate of drug-likeness (QED) is 0.772. The Morgan fingerprint density at radius 1 is 1.33 bits per heavy atom. The summed E-state index contributed by atoms with van der Waals surface area (Å²) in [5.74, 6) is 0.964. The zero-order valence-corrected chi connectivity index (χ0v) is 9.66. The van der Waals surface area contributed by atoms with E-state index >= 15 is 0 Å². The molecular weight excluding hydrogens is 232 g/mol. The lowest BCUT2D eigenvalue weighted by atomic mass is 10.1. The number of hydrogen-bond acceptors (Lipinski definition) is 1. The second-order valence-electron chi connectivity index (χ2n) is 2.96. The van der Waals surface area contributed by atoms with Gasteiger partial charge in [-0.05, 0) is 48.8 Å². The van der Waals surface area contributed by atoms with Gasteiger partial charge in [-0.25, -0.2) is 0 Å². The van der Waals surface area contributed by atoms with Gasteiger partial charge in [-0.2, -0.15) is 12.6 Å². The maximum atomic E-state index is 4.19. The van der Waals surface area contributed by atoms with Crippen molar-refractivity contribution < 1.29 is 0 Å². The first kappa shape index (κ1) is 10.1. The summed E-state index contributed by atoms with van der Waals surface area (Å²) in [7, 11) is 0. The number of halogens is 1. The van der Waals surface area contributed by atoms with Gasteiger partial charge < -0.3 is 0 Å². The molecule has 2 heteroatoms. The lowest BCUT2D eigenvalue weighted by molar-refractivity contribution is 0.933. The lowest BCUT2D eigenvalue weighted by Gasteiger charge is -2.02. The van der Waals surface area contributed by atoms with Gasteiger partial charge in [-0.15, -0.1) is 0 Å². The second-order valence-corrected chi connectivity index (χ2v) is 4.33. The Labute approximate surface area is 87.9 Å². The molecule has 0 radical (unpaired) electrons. The number of thiol groups is 1. The van der Waals surface area contributed by atoms with Gasteiger partial charge in [-0.3, -0.25) is 0 Å². The highest BCUT2D eigenvalue weighted by molar-refractivity contribution is 9.10. The molecule has 66 valence electrons. The topological polar surface area (TPSA) is 0 Å². The summed E-state index contributed by atoms with van der Waals surface area (Å²) in [6.07, 6.45) is 2.28. The van der Waals surface area contributed by atoms with Crippen LogP contribution in [-0.4, -0.2) is 5.75 Å². The molecule has 1 aromatic rings. The summed E-state index contributed by atoms with van der Waals surface area (Å²) >= 11 is 7.68. The maximum Gasteiger partial charge on any atom is 0.0180 e. The fraction of sp³-hybridized carbons (Fsp3) is 0.400. The van der Waals surface area contributed by atoms with E-state index in [1.54, 1.807) is 0 Å². The molecular formula is C10H13BrS. The summed E-state index contributed by atoms with van der Waals surface area (Å²) in [5.41, 5.74) is 2.72. The van der Waals surface area contributed by atoms with Crippen molar-refractivity contribution in [3.63, 3.8) is 0 Å². The van der Waals surface area contributed by atoms with Crippen LogP contribution in [0.2, 0.25) is 0 Å². The first-order valence-electron chi connectivity index (χ1n) is 4.09. The van der Waals surface area contributed by atoms with E-state index in [1.807, 2.05) is 0 Å². The van der Waals surface area contributed by atoms with E-state index in [4.69, 9.17) is 0 Å². The monoisotopic (exact) mass is 244 g/mol. The molecule has 1 aromatic carbocycles. The van der Waals surface area contributed by atoms with Gasteiger partial charge in [0.2, 0.25) is 0 Å². The van der Waals surface area contributed by atoms with Crippen LogP contribution in [0.1, 0.15) is 17.5 Å². The van der Waals surface area contributed by atoms with Gasteiger partial charge in [0.15, 0.2) is 0 Å². The van der Waals surface area contributed by atoms with E-state index in [-0.39, 0.29) is 0 Å². The molecule has 0 saturated heterocycles. The molecule has 0 aromatic heterocycles. The molecule has 0 bridgehead atoms. The highest BCUT2D eigenvalue weighted by Crippen LogP contribution is 2.16. The van der Waals surface area contributed by atoms with Crippen LogP contribution in [0.4, 0.5) is 0 Å². The van der Waals surface area contributed by atoms with E-state index in [0.29, 0.717) is 0 Å². The lowest BCUT2D eigenvalue weighted by Crippen LogP contribution is -1.87. The van der Waals surface area contributed by atoms with Crippen molar-refractivity contribution in [2.45, 2.75) is 19.8 Å². The summed E-state index contributed by atoms with van der Waals surface area (Å²) in [6, 6.07) is 6.54. The average molecular weight is 245 g/mol. The Kier molecular flexibility index (Phi) is 4.16. The standard InChI is InChI=1S/C10H13BrS/c1-8-5-9(3-2-4-12)7-10(11)6-8/h5-7,12H,2-4H2,1H3. The van der Waals surface area contributed by atoms with Gasteiger partial charge in [-0.1, -0.05) is 22.0 Å². The van der Waals surface area contributed by atoms with Gasteiger partial charge in [0.25, 0.3) is 0 Å². The van der Waals surface area contributed by atoms with E-state index < -0.39 is 0 Å². The van der Waals surface area contributed by atoms with Crippen molar-refractivity contribution in [1.29, 1.82) is 0 Å². The predicted molar refractivity (Wildman–Crippen MR) is 61.1 cm³/mol. The second kappa shape index (κ2) is 4.93. The fourth-order valence-corrected chi connectivity index (χ4v) is 2.05. The number of hydrogen-bond donors (Lipinski definition) is 1. The zero-order chi connectivity index (χ0) is 8.97. The predicted octanol–water partition coefficient (Wildman–Crippen LogP) is 3.62. The Hall–Kier alpha value is 0.0500. The van der Waals surface area contributed by atoms with Crippen LogP contribution in [0.15, 0.2) is 22.7 Å². The van der Waals surface area contributed by atoms with Crippen LogP contribution < -0.4 is 0 Å². The van der Waals surface area contributed by atoms with E-state index in [2.05, 4.69) is 53.7 Å². The van der Waals surface area contributed by atoms with E-state index in [9.17, 15) is 0 Å². The summed E-state index contributed by atoms with van der Waals surface area (Å²) in [5, 5.41) is 0. The molecule has 0 nitrogen and oxygen atoms in total. The molecule has 0 spiro atoms. The van der Waals surface area contributed by atoms with Gasteiger partial charge >= 0.3 is 0 Å². The van der Waals surface area contributed by atoms with Crippen molar-refractivity contribution in [3.05, 3.63) is 33.8 Å². The van der Waals surface area contributed by atoms with Crippen LogP contribution >= 0.6 is 28.6 Å². The maximum absolute atomic E-state index is 4.19. The normalized spacial score (nSPS) is 10.2. The van der Waals surface area contributed by atoms with Crippen molar-refractivity contribution in [3.8, 4) is 0 Å². The SMILES string of the molecule is Cc1cc(Br)cc(CCCS)c1. The molecule has 0 saturated carbocycles. The molecule has 0 aliphatic heterocycles. The van der Waals surface area contributed by atoms with E-state index in [1.165, 1.54) is 15.6 Å². The number of rotatable bonds is 3. The van der Waals surface area contributed by atoms with Crippen LogP contribution in [0.3, 0.4) is 0 Å². The molecule has 0 heterocycles. The molecule has 0 aliphatic carbocycles. The van der Waals surface area contributed by atoms with E-state index in [0.717, 1.165) is 18.6 Å². The Balaban J connectivity index is 2.72. The molecule has 12 heavy (non-hydrogen) atoms. The first-order valence-corrected chi connectivity index (χ1v) is 5.52. The third-order valence-corrected chi connectivity index (χ3v) is 2.50. The van der Waals surface area contributed by atoms with Crippen LogP contribution in [0.25, 0.3) is 0 Å². The summed E-state index contributed by atoms with van der Waals surface area (Å²) in [6.45, 7) is 2.12. The molecule has 1 rings (SSSR count). The number of benzene rings is 1. The third kappa shape index (κ3) is 3.20. The third-order valence-electron chi connectivity index (χ3n) is 1.73. The van der Waals surface area contributed by atoms with Crippen LogP contribution in [0, 0.1) is 6.92 Å². The highest BCUT2D eigenvalue weighted by Gasteiger charge is 1.95. The molecule has 0 fully saturated rings. The van der Waals surface area contributed by atoms with Crippen LogP contribution in [0.5, 0.6) is 0 Å². The minimum atomic E-state index is 0.964. The minimum Gasteiger partial charge on any atom is -0.179 e.